The van der Waals surface area contributed by atoms with Gasteiger partial charge < -0.3 is 4.98 Å². The Hall–Kier alpha value is -3.48. The molecule has 0 aliphatic heterocycles. The van der Waals surface area contributed by atoms with Gasteiger partial charge in [0.1, 0.15) is 0 Å². The van der Waals surface area contributed by atoms with Crippen LogP contribution in [0.15, 0.2) is 37.4 Å². The Balaban J connectivity index is 2.36. The van der Waals surface area contributed by atoms with Gasteiger partial charge in [0.25, 0.3) is 22.2 Å². The van der Waals surface area contributed by atoms with Gasteiger partial charge in [-0.25, -0.2) is 0 Å². The standard InChI is InChI=1S/C17H9N3O4/c1-5-2-3-6-7(4-5)18-13-8(6)9-10(15(22)19-14(9)21)11-12(13)17(24)20-16(11)23/h2-4,18H,1H3,(H,19,21,22)(H,20,23,24). The second-order valence-electron chi connectivity index (χ2n) is 5.99. The summed E-state index contributed by atoms with van der Waals surface area (Å²) >= 11 is 0. The van der Waals surface area contributed by atoms with Crippen molar-refractivity contribution in [2.24, 2.45) is 0 Å². The van der Waals surface area contributed by atoms with E-state index in [2.05, 4.69) is 15.0 Å². The van der Waals surface area contributed by atoms with Crippen molar-refractivity contribution in [3.05, 3.63) is 65.2 Å². The normalized spacial score (nSPS) is 12.2. The molecule has 0 radical (unpaired) electrons. The summed E-state index contributed by atoms with van der Waals surface area (Å²) in [5.74, 6) is 0. The van der Waals surface area contributed by atoms with Gasteiger partial charge in [-0.05, 0) is 18.6 Å². The number of nitrogens with one attached hydrogen (secondary N) is 3. The van der Waals surface area contributed by atoms with Crippen molar-refractivity contribution in [1.29, 1.82) is 0 Å². The highest BCUT2D eigenvalue weighted by molar-refractivity contribution is 6.31. The third-order valence-corrected chi connectivity index (χ3v) is 4.57. The quantitative estimate of drug-likeness (QED) is 0.393. The number of benzene rings is 2. The molecule has 0 unspecified atom stereocenters. The SMILES string of the molecule is Cc1ccc2c(c1)[nH]c1c3c(=O)[nH]c(=O)c3c3c(=O)[nH]c(=O)c3c21. The van der Waals surface area contributed by atoms with Crippen molar-refractivity contribution >= 4 is 43.4 Å². The number of rotatable bonds is 0. The van der Waals surface area contributed by atoms with Gasteiger partial charge in [-0.15, -0.1) is 0 Å². The lowest BCUT2D eigenvalue weighted by molar-refractivity contribution is 1.26. The Kier molecular flexibility index (Phi) is 2.10. The van der Waals surface area contributed by atoms with Crippen molar-refractivity contribution in [3.63, 3.8) is 0 Å². The molecule has 5 aromatic rings. The molecule has 7 heteroatoms. The van der Waals surface area contributed by atoms with Crippen LogP contribution >= 0.6 is 0 Å². The molecule has 7 nitrogen and oxygen atoms in total. The summed E-state index contributed by atoms with van der Waals surface area (Å²) in [6, 6.07) is 5.60. The van der Waals surface area contributed by atoms with E-state index in [-0.39, 0.29) is 21.5 Å². The predicted molar refractivity (Wildman–Crippen MR) is 91.7 cm³/mol. The molecular formula is C17H9N3O4. The minimum Gasteiger partial charge on any atom is -0.354 e. The molecule has 0 atom stereocenters. The van der Waals surface area contributed by atoms with Crippen LogP contribution in [0.3, 0.4) is 0 Å². The fourth-order valence-electron chi connectivity index (χ4n) is 3.62. The largest absolute Gasteiger partial charge is 0.354 e. The Morgan fingerprint density at radius 1 is 0.667 bits per heavy atom. The van der Waals surface area contributed by atoms with Crippen LogP contribution in [0, 0.1) is 6.92 Å². The number of fused-ring (bicyclic) bond motifs is 8. The lowest BCUT2D eigenvalue weighted by Crippen LogP contribution is -2.08. The number of hydrogen-bond donors (Lipinski definition) is 3. The van der Waals surface area contributed by atoms with Crippen molar-refractivity contribution in [3.8, 4) is 0 Å². The summed E-state index contributed by atoms with van der Waals surface area (Å²) in [5, 5.41) is 1.43. The van der Waals surface area contributed by atoms with E-state index in [0.29, 0.717) is 10.9 Å². The van der Waals surface area contributed by atoms with Gasteiger partial charge in [-0.1, -0.05) is 12.1 Å². The van der Waals surface area contributed by atoms with Gasteiger partial charge >= 0.3 is 0 Å². The summed E-state index contributed by atoms with van der Waals surface area (Å²) in [5.41, 5.74) is -0.303. The minimum atomic E-state index is -0.659. The van der Waals surface area contributed by atoms with E-state index in [9.17, 15) is 19.2 Å². The summed E-state index contributed by atoms with van der Waals surface area (Å²) in [6.07, 6.45) is 0. The highest BCUT2D eigenvalue weighted by Gasteiger charge is 2.23. The van der Waals surface area contributed by atoms with Crippen molar-refractivity contribution in [2.45, 2.75) is 6.92 Å². The van der Waals surface area contributed by atoms with Gasteiger partial charge in [0.2, 0.25) is 0 Å². The molecule has 0 aliphatic rings. The third kappa shape index (κ3) is 1.32. The lowest BCUT2D eigenvalue weighted by atomic mass is 10.0. The number of aromatic nitrogens is 3. The van der Waals surface area contributed by atoms with E-state index in [1.54, 1.807) is 0 Å². The fraction of sp³-hybridized carbons (Fsp3) is 0.0588. The highest BCUT2D eigenvalue weighted by atomic mass is 16.2. The van der Waals surface area contributed by atoms with E-state index in [1.165, 1.54) is 0 Å². The third-order valence-electron chi connectivity index (χ3n) is 4.57. The van der Waals surface area contributed by atoms with Crippen LogP contribution in [-0.2, 0) is 0 Å². The van der Waals surface area contributed by atoms with Gasteiger partial charge in [0, 0.05) is 16.3 Å². The zero-order valence-electron chi connectivity index (χ0n) is 12.4. The number of hydrogen-bond acceptors (Lipinski definition) is 4. The average molecular weight is 319 g/mol. The second-order valence-corrected chi connectivity index (χ2v) is 5.99. The molecule has 0 aliphatic carbocycles. The molecule has 2 aromatic carbocycles. The van der Waals surface area contributed by atoms with Gasteiger partial charge in [-0.2, -0.15) is 0 Å². The van der Waals surface area contributed by atoms with E-state index >= 15 is 0 Å². The smallest absolute Gasteiger partial charge is 0.261 e. The monoisotopic (exact) mass is 319 g/mol. The zero-order valence-corrected chi connectivity index (χ0v) is 12.4. The summed E-state index contributed by atoms with van der Waals surface area (Å²) in [6.45, 7) is 1.92. The van der Waals surface area contributed by atoms with Crippen LogP contribution < -0.4 is 22.2 Å². The first-order chi connectivity index (χ1) is 11.5. The maximum Gasteiger partial charge on any atom is 0.261 e. The Bertz CT molecular complexity index is 1540. The van der Waals surface area contributed by atoms with E-state index in [0.717, 1.165) is 16.5 Å². The minimum absolute atomic E-state index is 0.0210. The second kappa shape index (κ2) is 3.88. The van der Waals surface area contributed by atoms with Crippen LogP contribution in [-0.4, -0.2) is 15.0 Å². The first-order valence-electron chi connectivity index (χ1n) is 7.30. The predicted octanol–water partition coefficient (Wildman–Crippen LogP) is 0.909. The molecule has 5 rings (SSSR count). The molecule has 0 saturated heterocycles. The van der Waals surface area contributed by atoms with Crippen LogP contribution in [0.1, 0.15) is 5.56 Å². The molecule has 24 heavy (non-hydrogen) atoms. The fourth-order valence-corrected chi connectivity index (χ4v) is 3.62. The molecule has 0 fully saturated rings. The van der Waals surface area contributed by atoms with Crippen molar-refractivity contribution in [2.75, 3.05) is 0 Å². The van der Waals surface area contributed by atoms with Crippen molar-refractivity contribution < 1.29 is 0 Å². The maximum absolute atomic E-state index is 12.3. The summed E-state index contributed by atoms with van der Waals surface area (Å²) in [4.78, 5) is 56.5. The average Bonchev–Trinajstić information content (AvgIpc) is 3.11. The molecule has 3 N–H and O–H groups in total. The lowest BCUT2D eigenvalue weighted by Gasteiger charge is -1.96. The Morgan fingerprint density at radius 2 is 1.21 bits per heavy atom. The summed E-state index contributed by atoms with van der Waals surface area (Å²) < 4.78 is 0. The number of H-pyrrole nitrogens is 3. The molecular weight excluding hydrogens is 310 g/mol. The Labute approximate surface area is 131 Å². The van der Waals surface area contributed by atoms with E-state index in [4.69, 9.17) is 0 Å². The van der Waals surface area contributed by atoms with Crippen LogP contribution in [0.5, 0.6) is 0 Å². The number of aryl methyl sites for hydroxylation is 1. The molecule has 116 valence electrons. The van der Waals surface area contributed by atoms with E-state index in [1.807, 2.05) is 25.1 Å². The molecule has 3 aromatic heterocycles. The molecule has 0 amide bonds. The highest BCUT2D eigenvalue weighted by Crippen LogP contribution is 2.34. The maximum atomic E-state index is 12.3. The zero-order chi connectivity index (χ0) is 16.7. The van der Waals surface area contributed by atoms with Gasteiger partial charge in [-0.3, -0.25) is 29.1 Å². The van der Waals surface area contributed by atoms with Gasteiger partial charge in [0.15, 0.2) is 0 Å². The molecule has 0 spiro atoms. The molecule has 0 bridgehead atoms. The van der Waals surface area contributed by atoms with E-state index < -0.39 is 22.2 Å². The topological polar surface area (TPSA) is 116 Å². The van der Waals surface area contributed by atoms with Crippen LogP contribution in [0.25, 0.3) is 43.4 Å². The van der Waals surface area contributed by atoms with Crippen molar-refractivity contribution in [1.82, 2.24) is 15.0 Å². The molecule has 3 heterocycles. The summed E-state index contributed by atoms with van der Waals surface area (Å²) in [7, 11) is 0. The van der Waals surface area contributed by atoms with Crippen LogP contribution in [0.2, 0.25) is 0 Å². The van der Waals surface area contributed by atoms with Gasteiger partial charge in [0.05, 0.1) is 27.1 Å². The first kappa shape index (κ1) is 13.0. The van der Waals surface area contributed by atoms with Crippen LogP contribution in [0.4, 0.5) is 0 Å². The molecule has 0 saturated carbocycles. The first-order valence-corrected chi connectivity index (χ1v) is 7.30. The Morgan fingerprint density at radius 3 is 1.88 bits per heavy atom. The number of aromatic amines is 3.